The lowest BCUT2D eigenvalue weighted by molar-refractivity contribution is 0.252. The minimum Gasteiger partial charge on any atom is -0.396 e. The van der Waals surface area contributed by atoms with E-state index in [0.717, 1.165) is 24.1 Å². The zero-order valence-corrected chi connectivity index (χ0v) is 9.49. The molecular formula is C12H18N2O2. The summed E-state index contributed by atoms with van der Waals surface area (Å²) in [5, 5.41) is 14.1. The number of aryl methyl sites for hydroxylation is 1. The largest absolute Gasteiger partial charge is 0.396 e. The summed E-state index contributed by atoms with van der Waals surface area (Å²) in [4.78, 5) is 11.3. The predicted octanol–water partition coefficient (Wildman–Crippen LogP) is 1.75. The van der Waals surface area contributed by atoms with Crippen LogP contribution in [0.3, 0.4) is 0 Å². The number of rotatable bonds is 5. The van der Waals surface area contributed by atoms with E-state index < -0.39 is 0 Å². The highest BCUT2D eigenvalue weighted by molar-refractivity contribution is 5.89. The van der Waals surface area contributed by atoms with Crippen molar-refractivity contribution >= 4 is 11.7 Å². The zero-order valence-electron chi connectivity index (χ0n) is 9.49. The van der Waals surface area contributed by atoms with Gasteiger partial charge in [0.15, 0.2) is 0 Å². The van der Waals surface area contributed by atoms with Crippen molar-refractivity contribution in [3.05, 3.63) is 29.8 Å². The molecule has 0 saturated heterocycles. The van der Waals surface area contributed by atoms with Crippen LogP contribution in [-0.4, -0.2) is 24.3 Å². The smallest absolute Gasteiger partial charge is 0.319 e. The fourth-order valence-corrected chi connectivity index (χ4v) is 1.42. The summed E-state index contributed by atoms with van der Waals surface area (Å²) in [6.45, 7) is 2.67. The Morgan fingerprint density at radius 2 is 2.25 bits per heavy atom. The van der Waals surface area contributed by atoms with Crippen molar-refractivity contribution in [2.45, 2.75) is 19.8 Å². The average molecular weight is 222 g/mol. The fraction of sp³-hybridized carbons (Fsp3) is 0.417. The summed E-state index contributed by atoms with van der Waals surface area (Å²) in [5.41, 5.74) is 1.89. The lowest BCUT2D eigenvalue weighted by Gasteiger charge is -2.07. The van der Waals surface area contributed by atoms with Crippen LogP contribution in [0, 0.1) is 0 Å². The zero-order chi connectivity index (χ0) is 11.8. The standard InChI is InChI=1S/C12H18N2O2/c1-2-13-12(16)14-11-7-3-5-10(9-11)6-4-8-15/h3,5,7,9,15H,2,4,6,8H2,1H3,(H2,13,14,16). The number of urea groups is 1. The van der Waals surface area contributed by atoms with Crippen molar-refractivity contribution in [3.8, 4) is 0 Å². The summed E-state index contributed by atoms with van der Waals surface area (Å²) in [6, 6.07) is 7.46. The minimum atomic E-state index is -0.193. The van der Waals surface area contributed by atoms with Crippen molar-refractivity contribution in [1.29, 1.82) is 0 Å². The summed E-state index contributed by atoms with van der Waals surface area (Å²) in [7, 11) is 0. The molecular weight excluding hydrogens is 204 g/mol. The van der Waals surface area contributed by atoms with Gasteiger partial charge < -0.3 is 15.7 Å². The molecule has 0 aliphatic heterocycles. The van der Waals surface area contributed by atoms with Gasteiger partial charge in [0, 0.05) is 18.8 Å². The van der Waals surface area contributed by atoms with Crippen molar-refractivity contribution in [1.82, 2.24) is 5.32 Å². The van der Waals surface area contributed by atoms with E-state index in [-0.39, 0.29) is 12.6 Å². The number of aliphatic hydroxyl groups excluding tert-OH is 1. The van der Waals surface area contributed by atoms with E-state index in [9.17, 15) is 4.79 Å². The van der Waals surface area contributed by atoms with Crippen LogP contribution < -0.4 is 10.6 Å². The van der Waals surface area contributed by atoms with E-state index in [0.29, 0.717) is 6.54 Å². The van der Waals surface area contributed by atoms with Gasteiger partial charge in [-0.25, -0.2) is 4.79 Å². The van der Waals surface area contributed by atoms with Crippen molar-refractivity contribution in [3.63, 3.8) is 0 Å². The molecule has 0 aromatic heterocycles. The molecule has 0 aliphatic carbocycles. The van der Waals surface area contributed by atoms with Gasteiger partial charge in [0.2, 0.25) is 0 Å². The Morgan fingerprint density at radius 3 is 2.94 bits per heavy atom. The molecule has 0 heterocycles. The van der Waals surface area contributed by atoms with Crippen LogP contribution in [0.2, 0.25) is 0 Å². The van der Waals surface area contributed by atoms with Gasteiger partial charge in [-0.3, -0.25) is 0 Å². The Labute approximate surface area is 95.7 Å². The maximum absolute atomic E-state index is 11.3. The van der Waals surface area contributed by atoms with Crippen LogP contribution in [0.4, 0.5) is 10.5 Å². The van der Waals surface area contributed by atoms with Crippen LogP contribution in [-0.2, 0) is 6.42 Å². The van der Waals surface area contributed by atoms with Gasteiger partial charge in [-0.15, -0.1) is 0 Å². The Morgan fingerprint density at radius 1 is 1.44 bits per heavy atom. The van der Waals surface area contributed by atoms with E-state index in [4.69, 9.17) is 5.11 Å². The van der Waals surface area contributed by atoms with Crippen LogP contribution in [0.15, 0.2) is 24.3 Å². The third-order valence-corrected chi connectivity index (χ3v) is 2.15. The number of carbonyl (C=O) groups excluding carboxylic acids is 1. The number of nitrogens with one attached hydrogen (secondary N) is 2. The Kier molecular flexibility index (Phi) is 5.36. The summed E-state index contributed by atoms with van der Waals surface area (Å²) in [5.74, 6) is 0. The SMILES string of the molecule is CCNC(=O)Nc1cccc(CCCO)c1. The minimum absolute atomic E-state index is 0.188. The first-order valence-corrected chi connectivity index (χ1v) is 5.51. The number of hydrogen-bond acceptors (Lipinski definition) is 2. The molecule has 1 aromatic carbocycles. The van der Waals surface area contributed by atoms with Gasteiger partial charge >= 0.3 is 6.03 Å². The van der Waals surface area contributed by atoms with Crippen LogP contribution in [0.25, 0.3) is 0 Å². The first-order valence-electron chi connectivity index (χ1n) is 5.51. The van der Waals surface area contributed by atoms with Gasteiger partial charge in [-0.2, -0.15) is 0 Å². The average Bonchev–Trinajstić information content (AvgIpc) is 2.27. The topological polar surface area (TPSA) is 61.4 Å². The molecule has 4 nitrogen and oxygen atoms in total. The highest BCUT2D eigenvalue weighted by atomic mass is 16.2. The second kappa shape index (κ2) is 6.85. The maximum Gasteiger partial charge on any atom is 0.319 e. The van der Waals surface area contributed by atoms with Gasteiger partial charge in [0.25, 0.3) is 0 Å². The first kappa shape index (κ1) is 12.5. The fourth-order valence-electron chi connectivity index (χ4n) is 1.42. The third-order valence-electron chi connectivity index (χ3n) is 2.15. The summed E-state index contributed by atoms with van der Waals surface area (Å²) >= 11 is 0. The molecule has 0 radical (unpaired) electrons. The normalized spacial score (nSPS) is 9.88. The van der Waals surface area contributed by atoms with Gasteiger partial charge in [-0.05, 0) is 37.5 Å². The molecule has 0 saturated carbocycles. The Bertz CT molecular complexity index is 340. The number of aliphatic hydroxyl groups is 1. The van der Waals surface area contributed by atoms with E-state index >= 15 is 0 Å². The van der Waals surface area contributed by atoms with Gasteiger partial charge in [0.05, 0.1) is 0 Å². The lowest BCUT2D eigenvalue weighted by Crippen LogP contribution is -2.28. The van der Waals surface area contributed by atoms with Crippen LogP contribution in [0.5, 0.6) is 0 Å². The number of carbonyl (C=O) groups is 1. The predicted molar refractivity (Wildman–Crippen MR) is 64.5 cm³/mol. The number of amides is 2. The monoisotopic (exact) mass is 222 g/mol. The van der Waals surface area contributed by atoms with Crippen molar-refractivity contribution in [2.24, 2.45) is 0 Å². The quantitative estimate of drug-likeness (QED) is 0.710. The van der Waals surface area contributed by atoms with Crippen molar-refractivity contribution < 1.29 is 9.90 Å². The molecule has 0 bridgehead atoms. The molecule has 0 atom stereocenters. The number of hydrogen-bond donors (Lipinski definition) is 3. The molecule has 3 N–H and O–H groups in total. The third kappa shape index (κ3) is 4.31. The van der Waals surface area contributed by atoms with Crippen molar-refractivity contribution in [2.75, 3.05) is 18.5 Å². The molecule has 4 heteroatoms. The molecule has 16 heavy (non-hydrogen) atoms. The molecule has 0 aliphatic rings. The molecule has 2 amide bonds. The molecule has 0 spiro atoms. The highest BCUT2D eigenvalue weighted by Gasteiger charge is 2.00. The molecule has 1 rings (SSSR count). The van der Waals surface area contributed by atoms with E-state index in [1.54, 1.807) is 0 Å². The second-order valence-electron chi connectivity index (χ2n) is 3.51. The molecule has 0 fully saturated rings. The van der Waals surface area contributed by atoms with Crippen LogP contribution in [0.1, 0.15) is 18.9 Å². The molecule has 1 aromatic rings. The van der Waals surface area contributed by atoms with Gasteiger partial charge in [0.1, 0.15) is 0 Å². The first-order chi connectivity index (χ1) is 7.76. The number of benzene rings is 1. The lowest BCUT2D eigenvalue weighted by atomic mass is 10.1. The highest BCUT2D eigenvalue weighted by Crippen LogP contribution is 2.11. The maximum atomic E-state index is 11.3. The summed E-state index contributed by atoms with van der Waals surface area (Å²) in [6.07, 6.45) is 1.56. The second-order valence-corrected chi connectivity index (χ2v) is 3.51. The Hall–Kier alpha value is -1.55. The molecule has 88 valence electrons. The van der Waals surface area contributed by atoms with E-state index in [1.807, 2.05) is 31.2 Å². The number of anilines is 1. The summed E-state index contributed by atoms with van der Waals surface area (Å²) < 4.78 is 0. The van der Waals surface area contributed by atoms with E-state index in [2.05, 4.69) is 10.6 Å². The van der Waals surface area contributed by atoms with E-state index in [1.165, 1.54) is 0 Å². The van der Waals surface area contributed by atoms with Gasteiger partial charge in [-0.1, -0.05) is 12.1 Å². The van der Waals surface area contributed by atoms with Crippen LogP contribution >= 0.6 is 0 Å². The Balaban J connectivity index is 2.56. The molecule has 0 unspecified atom stereocenters.